The highest BCUT2D eigenvalue weighted by Gasteiger charge is 2.10. The molecule has 0 spiro atoms. The number of hydrogen-bond donors (Lipinski definition) is 0. The van der Waals surface area contributed by atoms with E-state index in [1.807, 2.05) is 0 Å². The quantitative estimate of drug-likeness (QED) is 0.300. The first-order valence-electron chi connectivity index (χ1n) is 1.41. The minimum Gasteiger partial charge on any atom is -0.559 e. The van der Waals surface area contributed by atoms with Crippen LogP contribution in [0.3, 0.4) is 0 Å². The van der Waals surface area contributed by atoms with Crippen LogP contribution in [0.4, 0.5) is 0 Å². The van der Waals surface area contributed by atoms with Crippen molar-refractivity contribution in [1.82, 2.24) is 0 Å². The molecule has 0 aliphatic carbocycles. The highest BCUT2D eigenvalue weighted by atomic mass is 16.4. The zero-order valence-electron chi connectivity index (χ0n) is 3.32. The van der Waals surface area contributed by atoms with Crippen LogP contribution in [0.25, 0.3) is 0 Å². The highest BCUT2D eigenvalue weighted by Crippen LogP contribution is 1.61. The van der Waals surface area contributed by atoms with Gasteiger partial charge in [-0.3, -0.25) is 4.79 Å². The Balaban J connectivity index is 3.57. The molecule has 3 heteroatoms. The van der Waals surface area contributed by atoms with Gasteiger partial charge in [0.05, 0.1) is 4.79 Å². The van der Waals surface area contributed by atoms with E-state index in [0.29, 0.717) is 0 Å². The second kappa shape index (κ2) is 1.55. The van der Waals surface area contributed by atoms with Crippen molar-refractivity contribution in [2.45, 2.75) is 6.92 Å². The highest BCUT2D eigenvalue weighted by molar-refractivity contribution is 6.31. The minimum absolute atomic E-state index is 0.713. The second-order valence-electron chi connectivity index (χ2n) is 0.885. The monoisotopic (exact) mass is 89.0 g/mol. The Morgan fingerprint density at radius 2 is 1.67 bits per heavy atom. The maximum absolute atomic E-state index is 9.61. The lowest BCUT2D eigenvalue weighted by Gasteiger charge is -1.65. The molecule has 0 aliphatic rings. The van der Waals surface area contributed by atoms with Gasteiger partial charge >= 0.3 is 5.97 Å². The van der Waals surface area contributed by atoms with Gasteiger partial charge in [0.25, 0.3) is 5.78 Å². The Morgan fingerprint density at radius 3 is 1.67 bits per heavy atom. The molecule has 0 aromatic heterocycles. The van der Waals surface area contributed by atoms with Crippen molar-refractivity contribution in [2.24, 2.45) is 0 Å². The number of carbonyl (C=O) groups excluding carboxylic acids is 2. The summed E-state index contributed by atoms with van der Waals surface area (Å²) in [6, 6.07) is 0. The third kappa shape index (κ3) is 1.46. The molecule has 6 heavy (non-hydrogen) atoms. The fraction of sp³-hybridized carbons (Fsp3) is 0.333. The lowest BCUT2D eigenvalue weighted by Crippen LogP contribution is -2.05. The predicted molar refractivity (Wildman–Crippen MR) is 19.3 cm³/mol. The summed E-state index contributed by atoms with van der Waals surface area (Å²) >= 11 is 0. The summed E-state index contributed by atoms with van der Waals surface area (Å²) in [6.45, 7) is 1.06. The van der Waals surface area contributed by atoms with Crippen molar-refractivity contribution in [3.05, 3.63) is 0 Å². The molecule has 0 saturated heterocycles. The Bertz CT molecular complexity index is 72.0. The summed E-state index contributed by atoms with van der Waals surface area (Å²) in [4.78, 5) is 19.1. The van der Waals surface area contributed by atoms with Crippen LogP contribution in [0.1, 0.15) is 6.92 Å². The van der Waals surface area contributed by atoms with Crippen LogP contribution in [0.2, 0.25) is 0 Å². The van der Waals surface area contributed by atoms with E-state index < -0.39 is 11.8 Å². The Hall–Kier alpha value is -0.860. The molecule has 0 heterocycles. The van der Waals surface area contributed by atoms with E-state index in [0.717, 1.165) is 6.92 Å². The first kappa shape index (κ1) is 5.14. The van der Waals surface area contributed by atoms with E-state index in [-0.39, 0.29) is 0 Å². The van der Waals surface area contributed by atoms with E-state index in [9.17, 15) is 9.59 Å². The summed E-state index contributed by atoms with van der Waals surface area (Å²) in [7, 11) is 0. The summed E-state index contributed by atoms with van der Waals surface area (Å²) in [5.74, 6) is -1.84. The van der Waals surface area contributed by atoms with Crippen molar-refractivity contribution in [2.75, 3.05) is 0 Å². The average molecular weight is 89.1 g/mol. The Morgan fingerprint density at radius 1 is 1.50 bits per heavy atom. The molecular formula is C3H5O3+. The van der Waals surface area contributed by atoms with Crippen LogP contribution in [0.15, 0.2) is 0 Å². The van der Waals surface area contributed by atoms with Gasteiger partial charge in [-0.1, -0.05) is 0 Å². The van der Waals surface area contributed by atoms with Gasteiger partial charge in [0, 0.05) is 6.92 Å². The number of rotatable bonds is 1. The summed E-state index contributed by atoms with van der Waals surface area (Å²) < 4.78 is 0. The summed E-state index contributed by atoms with van der Waals surface area (Å²) in [5, 5.41) is 6.04. The van der Waals surface area contributed by atoms with Crippen LogP contribution < -0.4 is 0 Å². The molecule has 2 N–H and O–H groups in total. The number of carbonyl (C=O) groups is 2. The molecule has 34 valence electrons. The largest absolute Gasteiger partial charge is 0.585 e. The molecule has 0 unspecified atom stereocenters. The van der Waals surface area contributed by atoms with Gasteiger partial charge in [-0.25, -0.2) is 0 Å². The number of hydrogen-bond acceptors (Lipinski definition) is 2. The molecule has 0 aliphatic heterocycles. The topological polar surface area (TPSA) is 57.0 Å². The van der Waals surface area contributed by atoms with Crippen LogP contribution in [0.5, 0.6) is 0 Å². The van der Waals surface area contributed by atoms with Crippen molar-refractivity contribution < 1.29 is 14.7 Å². The number of Topliss-reactive ketones (excluding diaryl/α,β-unsaturated/α-hetero) is 1. The van der Waals surface area contributed by atoms with Gasteiger partial charge in [-0.05, 0) is 0 Å². The SMILES string of the molecule is CC(=O)C(=O)[OH2+]. The maximum Gasteiger partial charge on any atom is 0.585 e. The third-order valence-corrected chi connectivity index (χ3v) is 0.320. The fourth-order valence-corrected chi connectivity index (χ4v) is 0. The predicted octanol–water partition coefficient (Wildman–Crippen LogP) is -1.17. The van der Waals surface area contributed by atoms with Crippen molar-refractivity contribution >= 4 is 11.8 Å². The van der Waals surface area contributed by atoms with E-state index >= 15 is 0 Å². The van der Waals surface area contributed by atoms with E-state index in [1.54, 1.807) is 0 Å². The fourth-order valence-electron chi connectivity index (χ4n) is 0. The van der Waals surface area contributed by atoms with Crippen molar-refractivity contribution in [3.63, 3.8) is 0 Å². The summed E-state index contributed by atoms with van der Waals surface area (Å²) in [6.07, 6.45) is 0. The number of ketones is 1. The normalized spacial score (nSPS) is 7.50. The van der Waals surface area contributed by atoms with E-state index in [2.05, 4.69) is 0 Å². The molecule has 0 rings (SSSR count). The molecular weight excluding hydrogens is 84.0 g/mol. The van der Waals surface area contributed by atoms with Gasteiger partial charge in [-0.2, -0.15) is 0 Å². The Kier molecular flexibility index (Phi) is 1.32. The van der Waals surface area contributed by atoms with Gasteiger partial charge in [0.15, 0.2) is 0 Å². The van der Waals surface area contributed by atoms with Gasteiger partial charge in [0.2, 0.25) is 0 Å². The lowest BCUT2D eigenvalue weighted by atomic mass is 10.5. The van der Waals surface area contributed by atoms with Crippen LogP contribution in [-0.4, -0.2) is 16.9 Å². The van der Waals surface area contributed by atoms with Crippen molar-refractivity contribution in [1.29, 1.82) is 0 Å². The minimum atomic E-state index is -1.13. The van der Waals surface area contributed by atoms with Crippen LogP contribution >= 0.6 is 0 Å². The third-order valence-electron chi connectivity index (χ3n) is 0.320. The van der Waals surface area contributed by atoms with Crippen molar-refractivity contribution in [3.8, 4) is 0 Å². The van der Waals surface area contributed by atoms with Gasteiger partial charge in [-0.15, -0.1) is 0 Å². The maximum atomic E-state index is 9.61. The standard InChI is InChI=1S/C3H4O3/c1-2(4)3(5)6/h1H3,(H,5,6)/p+1. The first-order chi connectivity index (χ1) is 2.64. The molecule has 0 aromatic carbocycles. The second-order valence-corrected chi connectivity index (χ2v) is 0.885. The summed E-state index contributed by atoms with van der Waals surface area (Å²) in [5.41, 5.74) is 0. The van der Waals surface area contributed by atoms with E-state index in [1.165, 1.54) is 0 Å². The molecule has 0 radical (unpaired) electrons. The molecule has 0 bridgehead atoms. The van der Waals surface area contributed by atoms with Gasteiger partial charge in [0.1, 0.15) is 0 Å². The smallest absolute Gasteiger partial charge is 0.559 e. The molecule has 0 saturated carbocycles. The Labute approximate surface area is 34.6 Å². The zero-order chi connectivity index (χ0) is 5.15. The average Bonchev–Trinajstić information content (AvgIpc) is 1.36. The molecule has 0 atom stereocenters. The lowest BCUT2D eigenvalue weighted by molar-refractivity contribution is -0.148. The zero-order valence-corrected chi connectivity index (χ0v) is 3.32. The first-order valence-corrected chi connectivity index (χ1v) is 1.41. The molecule has 0 aromatic rings. The molecule has 0 fully saturated rings. The van der Waals surface area contributed by atoms with Gasteiger partial charge < -0.3 is 5.11 Å². The van der Waals surface area contributed by atoms with E-state index in [4.69, 9.17) is 5.11 Å². The molecule has 0 amide bonds. The van der Waals surface area contributed by atoms with Crippen LogP contribution in [-0.2, 0) is 9.59 Å². The van der Waals surface area contributed by atoms with Crippen LogP contribution in [0, 0.1) is 0 Å². The molecule has 3 nitrogen and oxygen atoms in total.